The molecule has 0 saturated heterocycles. The van der Waals surface area contributed by atoms with Crippen molar-refractivity contribution in [1.82, 2.24) is 14.8 Å². The van der Waals surface area contributed by atoms with Crippen molar-refractivity contribution in [3.63, 3.8) is 0 Å². The summed E-state index contributed by atoms with van der Waals surface area (Å²) in [6.45, 7) is 10.3. The maximum atomic E-state index is 13.2. The van der Waals surface area contributed by atoms with Gasteiger partial charge >= 0.3 is 5.97 Å². The summed E-state index contributed by atoms with van der Waals surface area (Å²) in [5, 5.41) is 8.67. The molecule has 0 fully saturated rings. The van der Waals surface area contributed by atoms with E-state index in [0.717, 1.165) is 30.6 Å². The van der Waals surface area contributed by atoms with Gasteiger partial charge in [-0.15, -0.1) is 5.10 Å². The maximum Gasteiger partial charge on any atom is 0.338 e. The zero-order valence-corrected chi connectivity index (χ0v) is 21.1. The lowest BCUT2D eigenvalue weighted by atomic mass is 9.95. The highest BCUT2D eigenvalue weighted by molar-refractivity contribution is 7.99. The number of thioether (sulfide) groups is 1. The van der Waals surface area contributed by atoms with Crippen LogP contribution in [0.15, 0.2) is 34.6 Å². The molecule has 1 aromatic carbocycles. The van der Waals surface area contributed by atoms with Crippen LogP contribution in [0.5, 0.6) is 11.5 Å². The summed E-state index contributed by atoms with van der Waals surface area (Å²) in [7, 11) is 1.61. The molecule has 9 heteroatoms. The van der Waals surface area contributed by atoms with Crippen molar-refractivity contribution in [2.75, 3.05) is 24.8 Å². The van der Waals surface area contributed by atoms with Gasteiger partial charge in [-0.1, -0.05) is 38.1 Å². The van der Waals surface area contributed by atoms with Gasteiger partial charge < -0.3 is 19.5 Å². The fourth-order valence-electron chi connectivity index (χ4n) is 3.54. The standard InChI is InChI=1S/C24H34N4O4S/c1-7-9-13-33-24-26-23-25-16(5)20(22(29)32-15(3)4)21(28(23)27-24)17-10-11-18(31-12-8-2)19(14-17)30-6/h10-11,14-15,21H,7-9,12-13H2,1-6H3,(H,25,26,27). The molecule has 2 heterocycles. The molecule has 0 aliphatic carbocycles. The van der Waals surface area contributed by atoms with Crippen LogP contribution in [0.25, 0.3) is 0 Å². The van der Waals surface area contributed by atoms with Crippen molar-refractivity contribution in [2.45, 2.75) is 71.2 Å². The van der Waals surface area contributed by atoms with Gasteiger partial charge in [-0.3, -0.25) is 0 Å². The summed E-state index contributed by atoms with van der Waals surface area (Å²) in [4.78, 5) is 17.8. The molecule has 1 aliphatic rings. The molecule has 2 aromatic rings. The largest absolute Gasteiger partial charge is 0.493 e. The first kappa shape index (κ1) is 25.0. The molecule has 33 heavy (non-hydrogen) atoms. The number of anilines is 1. The molecule has 0 amide bonds. The summed E-state index contributed by atoms with van der Waals surface area (Å²) < 4.78 is 18.8. The second kappa shape index (κ2) is 11.4. The zero-order valence-electron chi connectivity index (χ0n) is 20.3. The monoisotopic (exact) mass is 474 g/mol. The van der Waals surface area contributed by atoms with E-state index >= 15 is 0 Å². The molecule has 0 saturated carbocycles. The summed E-state index contributed by atoms with van der Waals surface area (Å²) in [5.74, 6) is 2.43. The molecule has 0 bridgehead atoms. The lowest BCUT2D eigenvalue weighted by Gasteiger charge is -2.29. The molecule has 8 nitrogen and oxygen atoms in total. The molecule has 1 aromatic heterocycles. The van der Waals surface area contributed by atoms with Crippen LogP contribution in [-0.4, -0.2) is 46.3 Å². The Morgan fingerprint density at radius 3 is 2.70 bits per heavy atom. The minimum Gasteiger partial charge on any atom is -0.493 e. The summed E-state index contributed by atoms with van der Waals surface area (Å²) in [6.07, 6.45) is 2.85. The molecule has 180 valence electrons. The van der Waals surface area contributed by atoms with Crippen LogP contribution in [0.1, 0.15) is 65.5 Å². The van der Waals surface area contributed by atoms with Gasteiger partial charge in [-0.05, 0) is 51.3 Å². The van der Waals surface area contributed by atoms with E-state index in [1.165, 1.54) is 0 Å². The predicted octanol–water partition coefficient (Wildman–Crippen LogP) is 5.21. The molecule has 0 radical (unpaired) electrons. The van der Waals surface area contributed by atoms with Crippen LogP contribution >= 0.6 is 11.8 Å². The molecular weight excluding hydrogens is 440 g/mol. The Morgan fingerprint density at radius 1 is 1.24 bits per heavy atom. The Morgan fingerprint density at radius 2 is 2.03 bits per heavy atom. The van der Waals surface area contributed by atoms with Gasteiger partial charge in [0.1, 0.15) is 6.04 Å². The number of hydrogen-bond acceptors (Lipinski definition) is 8. The first-order valence-corrected chi connectivity index (χ1v) is 12.5. The number of fused-ring (bicyclic) bond motifs is 1. The van der Waals surface area contributed by atoms with Crippen LogP contribution in [0.2, 0.25) is 0 Å². The third-order valence-corrected chi connectivity index (χ3v) is 6.01. The Balaban J connectivity index is 2.06. The number of hydrogen-bond donors (Lipinski definition) is 1. The van der Waals surface area contributed by atoms with Gasteiger partial charge in [0.15, 0.2) is 11.5 Å². The van der Waals surface area contributed by atoms with E-state index in [0.29, 0.717) is 40.5 Å². The van der Waals surface area contributed by atoms with Crippen molar-refractivity contribution < 1.29 is 19.0 Å². The Kier molecular flexibility index (Phi) is 8.66. The predicted molar refractivity (Wildman–Crippen MR) is 130 cm³/mol. The highest BCUT2D eigenvalue weighted by Gasteiger charge is 2.36. The normalized spacial score (nSPS) is 15.3. The topological polar surface area (TPSA) is 87.5 Å². The fourth-order valence-corrected chi connectivity index (χ4v) is 4.45. The lowest BCUT2D eigenvalue weighted by Crippen LogP contribution is -2.30. The molecular formula is C24H34N4O4S. The van der Waals surface area contributed by atoms with E-state index in [2.05, 4.69) is 24.1 Å². The number of carbonyl (C=O) groups is 1. The second-order valence-corrected chi connectivity index (χ2v) is 9.21. The van der Waals surface area contributed by atoms with E-state index in [4.69, 9.17) is 19.3 Å². The third-order valence-electron chi connectivity index (χ3n) is 5.09. The Labute approximate surface area is 200 Å². The van der Waals surface area contributed by atoms with Crippen LogP contribution < -0.4 is 14.8 Å². The third kappa shape index (κ3) is 5.82. The minimum atomic E-state index is -0.505. The van der Waals surface area contributed by atoms with Crippen LogP contribution in [0, 0.1) is 0 Å². The maximum absolute atomic E-state index is 13.2. The number of carbonyl (C=O) groups excluding carboxylic acids is 1. The SMILES string of the molecule is CCCCSc1nc2n(n1)C(c1ccc(OCCC)c(OC)c1)C(C(=O)OC(C)C)=C(C)N2. The smallest absolute Gasteiger partial charge is 0.338 e. The zero-order chi connectivity index (χ0) is 24.0. The number of benzene rings is 1. The fraction of sp³-hybridized carbons (Fsp3) is 0.542. The first-order chi connectivity index (χ1) is 15.9. The van der Waals surface area contributed by atoms with Crippen molar-refractivity contribution in [2.24, 2.45) is 0 Å². The number of rotatable bonds is 11. The molecule has 3 rings (SSSR count). The average Bonchev–Trinajstić information content (AvgIpc) is 3.18. The second-order valence-electron chi connectivity index (χ2n) is 8.14. The minimum absolute atomic E-state index is 0.241. The van der Waals surface area contributed by atoms with Crippen LogP contribution in [0.3, 0.4) is 0 Å². The Hall–Kier alpha value is -2.68. The van der Waals surface area contributed by atoms with Crippen molar-refractivity contribution in [1.29, 1.82) is 0 Å². The number of allylic oxidation sites excluding steroid dienone is 1. The molecule has 1 aliphatic heterocycles. The summed E-state index contributed by atoms with van der Waals surface area (Å²) >= 11 is 1.61. The molecule has 0 spiro atoms. The van der Waals surface area contributed by atoms with Gasteiger partial charge in [0, 0.05) is 11.4 Å². The number of esters is 1. The highest BCUT2D eigenvalue weighted by Crippen LogP contribution is 2.40. The number of nitrogens with one attached hydrogen (secondary N) is 1. The molecule has 1 atom stereocenters. The number of unbranched alkanes of at least 4 members (excludes halogenated alkanes) is 1. The first-order valence-electron chi connectivity index (χ1n) is 11.5. The van der Waals surface area contributed by atoms with Gasteiger partial charge in [-0.25, -0.2) is 9.48 Å². The van der Waals surface area contributed by atoms with Gasteiger partial charge in [0.2, 0.25) is 11.1 Å². The van der Waals surface area contributed by atoms with Gasteiger partial charge in [-0.2, -0.15) is 4.98 Å². The van der Waals surface area contributed by atoms with Crippen molar-refractivity contribution in [3.8, 4) is 11.5 Å². The Bertz CT molecular complexity index is 1000. The highest BCUT2D eigenvalue weighted by atomic mass is 32.2. The average molecular weight is 475 g/mol. The van der Waals surface area contributed by atoms with Gasteiger partial charge in [0.25, 0.3) is 0 Å². The number of methoxy groups -OCH3 is 1. The number of nitrogens with zero attached hydrogens (tertiary/aromatic N) is 3. The lowest BCUT2D eigenvalue weighted by molar-refractivity contribution is -0.143. The van der Waals surface area contributed by atoms with Crippen molar-refractivity contribution >= 4 is 23.7 Å². The molecule has 1 unspecified atom stereocenters. The van der Waals surface area contributed by atoms with E-state index < -0.39 is 6.04 Å². The van der Waals surface area contributed by atoms with E-state index in [1.807, 2.05) is 39.0 Å². The van der Waals surface area contributed by atoms with Crippen LogP contribution in [-0.2, 0) is 9.53 Å². The summed E-state index contributed by atoms with van der Waals surface area (Å²) in [5.41, 5.74) is 2.03. The van der Waals surface area contributed by atoms with E-state index in [-0.39, 0.29) is 12.1 Å². The van der Waals surface area contributed by atoms with Gasteiger partial charge in [0.05, 0.1) is 25.4 Å². The number of aromatic nitrogens is 3. The number of ether oxygens (including phenoxy) is 3. The molecule has 1 N–H and O–H groups in total. The van der Waals surface area contributed by atoms with E-state index in [1.54, 1.807) is 23.6 Å². The van der Waals surface area contributed by atoms with Crippen molar-refractivity contribution in [3.05, 3.63) is 35.0 Å². The van der Waals surface area contributed by atoms with E-state index in [9.17, 15) is 4.79 Å². The quantitative estimate of drug-likeness (QED) is 0.270. The van der Waals surface area contributed by atoms with Crippen LogP contribution in [0.4, 0.5) is 5.95 Å². The summed E-state index contributed by atoms with van der Waals surface area (Å²) in [6, 6.07) is 5.20.